The van der Waals surface area contributed by atoms with E-state index in [1.807, 2.05) is 19.0 Å². The van der Waals surface area contributed by atoms with Crippen LogP contribution in [0.3, 0.4) is 0 Å². The van der Waals surface area contributed by atoms with E-state index in [9.17, 15) is 13.2 Å². The summed E-state index contributed by atoms with van der Waals surface area (Å²) in [5.41, 5.74) is -0.748. The molecule has 2 heterocycles. The van der Waals surface area contributed by atoms with Crippen molar-refractivity contribution in [2.24, 2.45) is 0 Å². The quantitative estimate of drug-likeness (QED) is 0.782. The molecule has 0 unspecified atom stereocenters. The van der Waals surface area contributed by atoms with Gasteiger partial charge in [-0.15, -0.1) is 0 Å². The maximum atomic E-state index is 12.8. The Balaban J connectivity index is 2.16. The van der Waals surface area contributed by atoms with Gasteiger partial charge in [0.2, 0.25) is 0 Å². The highest BCUT2D eigenvalue weighted by Crippen LogP contribution is 2.33. The van der Waals surface area contributed by atoms with Gasteiger partial charge in [0.05, 0.1) is 5.56 Å². The molecule has 1 aliphatic rings. The zero-order valence-electron chi connectivity index (χ0n) is 11.4. The molecular weight excluding hydrogens is 291 g/mol. The molecule has 1 aromatic rings. The van der Waals surface area contributed by atoms with Gasteiger partial charge in [0.1, 0.15) is 11.0 Å². The van der Waals surface area contributed by atoms with Gasteiger partial charge in [-0.05, 0) is 39.1 Å². The summed E-state index contributed by atoms with van der Waals surface area (Å²) in [5, 5.41) is -0.121. The van der Waals surface area contributed by atoms with Crippen LogP contribution < -0.4 is 4.90 Å². The molecule has 20 heavy (non-hydrogen) atoms. The van der Waals surface area contributed by atoms with Crippen LogP contribution in [0.1, 0.15) is 18.4 Å². The molecule has 0 aromatic carbocycles. The minimum absolute atomic E-state index is 0.121. The molecule has 2 rings (SSSR count). The summed E-state index contributed by atoms with van der Waals surface area (Å²) in [6.45, 7) is 1.38. The van der Waals surface area contributed by atoms with Gasteiger partial charge in [0, 0.05) is 19.1 Å². The van der Waals surface area contributed by atoms with Crippen molar-refractivity contribution >= 4 is 17.4 Å². The fourth-order valence-electron chi connectivity index (χ4n) is 2.42. The molecule has 0 aliphatic carbocycles. The number of nitrogens with zero attached hydrogens (tertiary/aromatic N) is 3. The summed E-state index contributed by atoms with van der Waals surface area (Å²) in [4.78, 5) is 8.02. The second kappa shape index (κ2) is 5.77. The van der Waals surface area contributed by atoms with Crippen molar-refractivity contribution in [3.8, 4) is 0 Å². The summed E-state index contributed by atoms with van der Waals surface area (Å²) in [6.07, 6.45) is -2.59. The van der Waals surface area contributed by atoms with Crippen molar-refractivity contribution in [1.82, 2.24) is 9.88 Å². The minimum atomic E-state index is -4.40. The molecule has 0 N–H and O–H groups in total. The Morgan fingerprint density at radius 2 is 1.85 bits per heavy atom. The molecule has 1 fully saturated rings. The Kier molecular flexibility index (Phi) is 4.44. The predicted molar refractivity (Wildman–Crippen MR) is 73.2 cm³/mol. The highest BCUT2D eigenvalue weighted by atomic mass is 35.5. The maximum absolute atomic E-state index is 12.8. The van der Waals surface area contributed by atoms with E-state index in [0.29, 0.717) is 24.9 Å². The Hall–Kier alpha value is -1.01. The second-order valence-corrected chi connectivity index (χ2v) is 5.60. The van der Waals surface area contributed by atoms with Crippen LogP contribution >= 0.6 is 11.6 Å². The lowest BCUT2D eigenvalue weighted by Gasteiger charge is -2.36. The highest BCUT2D eigenvalue weighted by Gasteiger charge is 2.32. The van der Waals surface area contributed by atoms with E-state index in [1.165, 1.54) is 0 Å². The van der Waals surface area contributed by atoms with Crippen LogP contribution in [0.25, 0.3) is 0 Å². The van der Waals surface area contributed by atoms with E-state index in [1.54, 1.807) is 0 Å². The van der Waals surface area contributed by atoms with E-state index >= 15 is 0 Å². The van der Waals surface area contributed by atoms with Crippen molar-refractivity contribution in [3.05, 3.63) is 22.8 Å². The fraction of sp³-hybridized carbons (Fsp3) is 0.615. The summed E-state index contributed by atoms with van der Waals surface area (Å²) in [7, 11) is 4.03. The van der Waals surface area contributed by atoms with Gasteiger partial charge in [-0.3, -0.25) is 0 Å². The van der Waals surface area contributed by atoms with E-state index in [2.05, 4.69) is 9.88 Å². The Morgan fingerprint density at radius 1 is 1.25 bits per heavy atom. The van der Waals surface area contributed by atoms with Gasteiger partial charge in [0.25, 0.3) is 0 Å². The van der Waals surface area contributed by atoms with Crippen LogP contribution in [0, 0.1) is 0 Å². The number of halogens is 4. The molecule has 0 radical (unpaired) electrons. The van der Waals surface area contributed by atoms with Crippen LogP contribution in [0.15, 0.2) is 12.1 Å². The standard InChI is InChI=1S/C13H17ClF3N3/c1-19(2)10-3-5-20(6-4-10)12-8-9(13(15,16)17)7-11(14)18-12/h7-8,10H,3-6H2,1-2H3. The first-order valence-corrected chi connectivity index (χ1v) is 6.81. The molecule has 1 aromatic heterocycles. The van der Waals surface area contributed by atoms with Crippen molar-refractivity contribution in [2.75, 3.05) is 32.1 Å². The number of pyridine rings is 1. The van der Waals surface area contributed by atoms with E-state index in [4.69, 9.17) is 11.6 Å². The number of hydrogen-bond donors (Lipinski definition) is 0. The van der Waals surface area contributed by atoms with E-state index in [-0.39, 0.29) is 5.15 Å². The summed E-state index contributed by atoms with van der Waals surface area (Å²) >= 11 is 5.71. The SMILES string of the molecule is CN(C)C1CCN(c2cc(C(F)(F)F)cc(Cl)n2)CC1. The first kappa shape index (κ1) is 15.4. The Labute approximate surface area is 121 Å². The van der Waals surface area contributed by atoms with Crippen LogP contribution in [-0.4, -0.2) is 43.1 Å². The normalized spacial score (nSPS) is 17.9. The first-order valence-electron chi connectivity index (χ1n) is 6.43. The molecule has 112 valence electrons. The molecule has 0 saturated carbocycles. The van der Waals surface area contributed by atoms with E-state index in [0.717, 1.165) is 25.0 Å². The molecule has 0 spiro atoms. The van der Waals surface area contributed by atoms with E-state index < -0.39 is 11.7 Å². The third-order valence-electron chi connectivity index (χ3n) is 3.63. The largest absolute Gasteiger partial charge is 0.416 e. The molecule has 0 atom stereocenters. The summed E-state index contributed by atoms with van der Waals surface area (Å²) in [5.74, 6) is 0.307. The van der Waals surface area contributed by atoms with Crippen LogP contribution in [0.4, 0.5) is 19.0 Å². The van der Waals surface area contributed by atoms with Gasteiger partial charge in [-0.25, -0.2) is 4.98 Å². The monoisotopic (exact) mass is 307 g/mol. The molecule has 0 bridgehead atoms. The topological polar surface area (TPSA) is 19.4 Å². The zero-order chi connectivity index (χ0) is 14.9. The summed E-state index contributed by atoms with van der Waals surface area (Å²) < 4.78 is 38.3. The Morgan fingerprint density at radius 3 is 2.35 bits per heavy atom. The summed E-state index contributed by atoms with van der Waals surface area (Å²) in [6, 6.07) is 2.40. The molecule has 7 heteroatoms. The van der Waals surface area contributed by atoms with Crippen molar-refractivity contribution < 1.29 is 13.2 Å². The smallest absolute Gasteiger partial charge is 0.356 e. The number of rotatable bonds is 2. The number of alkyl halides is 3. The lowest BCUT2D eigenvalue weighted by Crippen LogP contribution is -2.42. The fourth-order valence-corrected chi connectivity index (χ4v) is 2.62. The molecule has 0 amide bonds. The number of hydrogen-bond acceptors (Lipinski definition) is 3. The number of aromatic nitrogens is 1. The third kappa shape index (κ3) is 3.55. The lowest BCUT2D eigenvalue weighted by atomic mass is 10.0. The minimum Gasteiger partial charge on any atom is -0.356 e. The van der Waals surface area contributed by atoms with Crippen molar-refractivity contribution in [1.29, 1.82) is 0 Å². The average molecular weight is 308 g/mol. The van der Waals surface area contributed by atoms with Crippen LogP contribution in [-0.2, 0) is 6.18 Å². The number of piperidine rings is 1. The van der Waals surface area contributed by atoms with Gasteiger partial charge < -0.3 is 9.80 Å². The maximum Gasteiger partial charge on any atom is 0.416 e. The van der Waals surface area contributed by atoms with Crippen molar-refractivity contribution in [3.63, 3.8) is 0 Å². The van der Waals surface area contributed by atoms with Crippen LogP contribution in [0.2, 0.25) is 5.15 Å². The molecule has 3 nitrogen and oxygen atoms in total. The van der Waals surface area contributed by atoms with Crippen LogP contribution in [0.5, 0.6) is 0 Å². The predicted octanol–water partition coefficient (Wildman–Crippen LogP) is 3.28. The lowest BCUT2D eigenvalue weighted by molar-refractivity contribution is -0.137. The number of anilines is 1. The third-order valence-corrected chi connectivity index (χ3v) is 3.82. The molecule has 1 saturated heterocycles. The van der Waals surface area contributed by atoms with Gasteiger partial charge >= 0.3 is 6.18 Å². The second-order valence-electron chi connectivity index (χ2n) is 5.22. The average Bonchev–Trinajstić information content (AvgIpc) is 2.37. The highest BCUT2D eigenvalue weighted by molar-refractivity contribution is 6.29. The van der Waals surface area contributed by atoms with Gasteiger partial charge in [0.15, 0.2) is 0 Å². The Bertz CT molecular complexity index is 468. The molecular formula is C13H17ClF3N3. The first-order chi connectivity index (χ1) is 9.27. The van der Waals surface area contributed by atoms with Crippen molar-refractivity contribution in [2.45, 2.75) is 25.1 Å². The van der Waals surface area contributed by atoms with Gasteiger partial charge in [-0.2, -0.15) is 13.2 Å². The van der Waals surface area contributed by atoms with Gasteiger partial charge in [-0.1, -0.05) is 11.6 Å². The molecule has 1 aliphatic heterocycles. The zero-order valence-corrected chi connectivity index (χ0v) is 12.2.